The summed E-state index contributed by atoms with van der Waals surface area (Å²) < 4.78 is 5.08. The third-order valence-corrected chi connectivity index (χ3v) is 1.64. The summed E-state index contributed by atoms with van der Waals surface area (Å²) in [4.78, 5) is 0. The summed E-state index contributed by atoms with van der Waals surface area (Å²) in [7, 11) is 1.63. The van der Waals surface area contributed by atoms with Gasteiger partial charge in [-0.3, -0.25) is 0 Å². The fraction of sp³-hybridized carbons (Fsp3) is 0.455. The SMILES string of the molecule is C=C/C=C(\C(=C)OC)C(C)(C)C. The molecular formula is C11H18O. The Morgan fingerprint density at radius 1 is 1.33 bits per heavy atom. The van der Waals surface area contributed by atoms with Crippen LogP contribution in [-0.2, 0) is 4.74 Å². The van der Waals surface area contributed by atoms with Gasteiger partial charge >= 0.3 is 0 Å². The van der Waals surface area contributed by atoms with Gasteiger partial charge in [0.1, 0.15) is 5.76 Å². The van der Waals surface area contributed by atoms with Crippen molar-refractivity contribution in [2.45, 2.75) is 20.8 Å². The zero-order valence-corrected chi connectivity index (χ0v) is 8.48. The molecule has 0 aromatic carbocycles. The van der Waals surface area contributed by atoms with Crippen LogP contribution in [0.4, 0.5) is 0 Å². The lowest BCUT2D eigenvalue weighted by Crippen LogP contribution is -2.11. The Hall–Kier alpha value is -0.980. The van der Waals surface area contributed by atoms with Crippen LogP contribution in [0.2, 0.25) is 0 Å². The molecule has 0 spiro atoms. The zero-order chi connectivity index (χ0) is 9.78. The van der Waals surface area contributed by atoms with Crippen LogP contribution in [-0.4, -0.2) is 7.11 Å². The number of ether oxygens (including phenoxy) is 1. The number of rotatable bonds is 3. The normalized spacial score (nSPS) is 12.5. The van der Waals surface area contributed by atoms with E-state index >= 15 is 0 Å². The van der Waals surface area contributed by atoms with Gasteiger partial charge in [0, 0.05) is 0 Å². The predicted molar refractivity (Wildman–Crippen MR) is 53.9 cm³/mol. The summed E-state index contributed by atoms with van der Waals surface area (Å²) in [6.45, 7) is 13.8. The maximum Gasteiger partial charge on any atom is 0.115 e. The van der Waals surface area contributed by atoms with Gasteiger partial charge in [0.05, 0.1) is 7.11 Å². The number of methoxy groups -OCH3 is 1. The van der Waals surface area contributed by atoms with Gasteiger partial charge in [-0.05, 0) is 11.0 Å². The van der Waals surface area contributed by atoms with Gasteiger partial charge in [-0.15, -0.1) is 0 Å². The second kappa shape index (κ2) is 4.15. The van der Waals surface area contributed by atoms with Gasteiger partial charge in [0.15, 0.2) is 0 Å². The molecule has 0 atom stereocenters. The molecule has 0 radical (unpaired) electrons. The average Bonchev–Trinajstić information content (AvgIpc) is 1.96. The highest BCUT2D eigenvalue weighted by Gasteiger charge is 2.19. The van der Waals surface area contributed by atoms with Crippen molar-refractivity contribution in [2.75, 3.05) is 7.11 Å². The van der Waals surface area contributed by atoms with E-state index in [0.29, 0.717) is 5.76 Å². The Morgan fingerprint density at radius 3 is 2.08 bits per heavy atom. The van der Waals surface area contributed by atoms with Crippen molar-refractivity contribution in [3.05, 3.63) is 36.6 Å². The molecule has 0 fully saturated rings. The molecule has 0 amide bonds. The van der Waals surface area contributed by atoms with Gasteiger partial charge in [-0.25, -0.2) is 0 Å². The standard InChI is InChI=1S/C11H18O/c1-7-8-10(9(2)12-6)11(3,4)5/h7-8H,1-2H2,3-6H3/b10-8+. The van der Waals surface area contributed by atoms with E-state index in [0.717, 1.165) is 5.57 Å². The molecular weight excluding hydrogens is 148 g/mol. The Bertz CT molecular complexity index is 204. The molecule has 0 heterocycles. The van der Waals surface area contributed by atoms with Crippen molar-refractivity contribution >= 4 is 0 Å². The maximum absolute atomic E-state index is 5.08. The van der Waals surface area contributed by atoms with Crippen LogP contribution in [0.15, 0.2) is 36.6 Å². The fourth-order valence-electron chi connectivity index (χ4n) is 0.989. The van der Waals surface area contributed by atoms with Crippen molar-refractivity contribution in [2.24, 2.45) is 5.41 Å². The molecule has 0 unspecified atom stereocenters. The minimum absolute atomic E-state index is 0.0568. The van der Waals surface area contributed by atoms with E-state index in [9.17, 15) is 0 Å². The molecule has 0 saturated carbocycles. The van der Waals surface area contributed by atoms with Crippen LogP contribution in [0, 0.1) is 5.41 Å². The zero-order valence-electron chi connectivity index (χ0n) is 8.48. The van der Waals surface area contributed by atoms with Crippen LogP contribution in [0.5, 0.6) is 0 Å². The van der Waals surface area contributed by atoms with E-state index < -0.39 is 0 Å². The van der Waals surface area contributed by atoms with E-state index in [1.165, 1.54) is 0 Å². The summed E-state index contributed by atoms with van der Waals surface area (Å²) in [6.07, 6.45) is 3.69. The third-order valence-electron chi connectivity index (χ3n) is 1.64. The largest absolute Gasteiger partial charge is 0.497 e. The molecule has 0 rings (SSSR count). The molecule has 1 heteroatoms. The molecule has 68 valence electrons. The minimum atomic E-state index is 0.0568. The van der Waals surface area contributed by atoms with Crippen molar-refractivity contribution in [3.8, 4) is 0 Å². The lowest BCUT2D eigenvalue weighted by Gasteiger charge is -2.23. The molecule has 0 saturated heterocycles. The lowest BCUT2D eigenvalue weighted by atomic mass is 9.85. The third kappa shape index (κ3) is 2.95. The molecule has 0 aromatic rings. The van der Waals surface area contributed by atoms with E-state index in [1.54, 1.807) is 13.2 Å². The van der Waals surface area contributed by atoms with Gasteiger partial charge in [0.25, 0.3) is 0 Å². The van der Waals surface area contributed by atoms with E-state index in [-0.39, 0.29) is 5.41 Å². The highest BCUT2D eigenvalue weighted by molar-refractivity contribution is 5.31. The summed E-state index contributed by atoms with van der Waals surface area (Å²) in [5.41, 5.74) is 1.14. The summed E-state index contributed by atoms with van der Waals surface area (Å²) in [5, 5.41) is 0. The summed E-state index contributed by atoms with van der Waals surface area (Å²) in [5.74, 6) is 0.711. The molecule has 0 bridgehead atoms. The first-order valence-corrected chi connectivity index (χ1v) is 4.00. The van der Waals surface area contributed by atoms with Crippen molar-refractivity contribution in [1.82, 2.24) is 0 Å². The van der Waals surface area contributed by atoms with E-state index in [2.05, 4.69) is 33.9 Å². The van der Waals surface area contributed by atoms with Crippen LogP contribution in [0.1, 0.15) is 20.8 Å². The highest BCUT2D eigenvalue weighted by Crippen LogP contribution is 2.30. The smallest absolute Gasteiger partial charge is 0.115 e. The fourth-order valence-corrected chi connectivity index (χ4v) is 0.989. The van der Waals surface area contributed by atoms with Crippen molar-refractivity contribution in [3.63, 3.8) is 0 Å². The van der Waals surface area contributed by atoms with Crippen LogP contribution < -0.4 is 0 Å². The van der Waals surface area contributed by atoms with Crippen molar-refractivity contribution in [1.29, 1.82) is 0 Å². The second-order valence-electron chi connectivity index (χ2n) is 3.69. The predicted octanol–water partition coefficient (Wildman–Crippen LogP) is 3.31. The summed E-state index contributed by atoms with van der Waals surface area (Å²) in [6, 6.07) is 0. The monoisotopic (exact) mass is 166 g/mol. The molecule has 0 aliphatic heterocycles. The van der Waals surface area contributed by atoms with Gasteiger partial charge in [-0.2, -0.15) is 0 Å². The Labute approximate surface area is 75.4 Å². The first-order chi connectivity index (χ1) is 5.43. The van der Waals surface area contributed by atoms with Crippen LogP contribution in [0.3, 0.4) is 0 Å². The Morgan fingerprint density at radius 2 is 1.83 bits per heavy atom. The van der Waals surface area contributed by atoms with Gasteiger partial charge in [-0.1, -0.05) is 46.1 Å². The number of hydrogen-bond donors (Lipinski definition) is 0. The highest BCUT2D eigenvalue weighted by atomic mass is 16.5. The molecule has 0 aromatic heterocycles. The molecule has 1 nitrogen and oxygen atoms in total. The van der Waals surface area contributed by atoms with E-state index in [1.807, 2.05) is 6.08 Å². The molecule has 0 aliphatic rings. The first kappa shape index (κ1) is 11.0. The first-order valence-electron chi connectivity index (χ1n) is 4.00. The minimum Gasteiger partial charge on any atom is -0.497 e. The van der Waals surface area contributed by atoms with Gasteiger partial charge in [0.2, 0.25) is 0 Å². The van der Waals surface area contributed by atoms with Crippen molar-refractivity contribution < 1.29 is 4.74 Å². The van der Waals surface area contributed by atoms with Gasteiger partial charge < -0.3 is 4.74 Å². The topological polar surface area (TPSA) is 9.23 Å². The molecule has 0 aliphatic carbocycles. The summed E-state index contributed by atoms with van der Waals surface area (Å²) >= 11 is 0. The van der Waals surface area contributed by atoms with Crippen LogP contribution in [0.25, 0.3) is 0 Å². The Kier molecular flexibility index (Phi) is 3.81. The van der Waals surface area contributed by atoms with E-state index in [4.69, 9.17) is 4.74 Å². The molecule has 12 heavy (non-hydrogen) atoms. The Balaban J connectivity index is 4.81. The second-order valence-corrected chi connectivity index (χ2v) is 3.69. The average molecular weight is 166 g/mol. The number of allylic oxidation sites excluding steroid dienone is 3. The lowest BCUT2D eigenvalue weighted by molar-refractivity contribution is 0.284. The quantitative estimate of drug-likeness (QED) is 0.461. The van der Waals surface area contributed by atoms with Crippen LogP contribution >= 0.6 is 0 Å². The maximum atomic E-state index is 5.08. The number of hydrogen-bond acceptors (Lipinski definition) is 1. The molecule has 0 N–H and O–H groups in total.